The lowest BCUT2D eigenvalue weighted by molar-refractivity contribution is 0.297. The van der Waals surface area contributed by atoms with Crippen LogP contribution < -0.4 is 0 Å². The molecule has 1 aliphatic carbocycles. The van der Waals surface area contributed by atoms with Crippen molar-refractivity contribution in [2.75, 3.05) is 0 Å². The molecule has 0 heteroatoms. The van der Waals surface area contributed by atoms with E-state index in [9.17, 15) is 0 Å². The molecule has 1 rings (SSSR count). The van der Waals surface area contributed by atoms with Crippen molar-refractivity contribution in [1.82, 2.24) is 0 Å². The van der Waals surface area contributed by atoms with Crippen molar-refractivity contribution in [2.45, 2.75) is 90.9 Å². The SMILES string of the molecule is CCC/C=C/C1CCC(CC/C=C/CCCCC)CC1. The summed E-state index contributed by atoms with van der Waals surface area (Å²) in [5.74, 6) is 1.90. The number of hydrogen-bond acceptors (Lipinski definition) is 0. The first-order valence-corrected chi connectivity index (χ1v) is 9.18. The van der Waals surface area contributed by atoms with Gasteiger partial charge in [0.1, 0.15) is 0 Å². The Balaban J connectivity index is 2.02. The van der Waals surface area contributed by atoms with Gasteiger partial charge in [0.25, 0.3) is 0 Å². The molecule has 116 valence electrons. The predicted octanol–water partition coefficient (Wildman–Crippen LogP) is 7.07. The Kier molecular flexibility index (Phi) is 10.7. The average molecular weight is 277 g/mol. The molecule has 0 saturated heterocycles. The molecule has 0 spiro atoms. The smallest absolute Gasteiger partial charge is 0.0233 e. The first kappa shape index (κ1) is 17.5. The molecule has 0 aromatic rings. The van der Waals surface area contributed by atoms with Crippen LogP contribution in [0.2, 0.25) is 0 Å². The molecule has 0 amide bonds. The normalized spacial score (nSPS) is 23.9. The maximum Gasteiger partial charge on any atom is -0.0233 e. The molecule has 0 bridgehead atoms. The second-order valence-corrected chi connectivity index (χ2v) is 6.54. The number of rotatable bonds is 10. The lowest BCUT2D eigenvalue weighted by Gasteiger charge is -2.26. The van der Waals surface area contributed by atoms with Gasteiger partial charge >= 0.3 is 0 Å². The van der Waals surface area contributed by atoms with Gasteiger partial charge in [0.05, 0.1) is 0 Å². The predicted molar refractivity (Wildman–Crippen MR) is 92.0 cm³/mol. The van der Waals surface area contributed by atoms with Crippen LogP contribution >= 0.6 is 0 Å². The highest BCUT2D eigenvalue weighted by Gasteiger charge is 2.18. The Hall–Kier alpha value is -0.520. The van der Waals surface area contributed by atoms with E-state index >= 15 is 0 Å². The van der Waals surface area contributed by atoms with Crippen LogP contribution in [0.4, 0.5) is 0 Å². The van der Waals surface area contributed by atoms with E-state index in [1.807, 2.05) is 0 Å². The van der Waals surface area contributed by atoms with Crippen LogP contribution in [0, 0.1) is 11.8 Å². The van der Waals surface area contributed by atoms with Crippen molar-refractivity contribution in [3.05, 3.63) is 24.3 Å². The van der Waals surface area contributed by atoms with Crippen molar-refractivity contribution < 1.29 is 0 Å². The Bertz CT molecular complexity index is 253. The molecule has 0 nitrogen and oxygen atoms in total. The summed E-state index contributed by atoms with van der Waals surface area (Å²) in [5, 5.41) is 0. The second kappa shape index (κ2) is 12.2. The molecule has 0 unspecified atom stereocenters. The summed E-state index contributed by atoms with van der Waals surface area (Å²) in [6, 6.07) is 0. The van der Waals surface area contributed by atoms with Gasteiger partial charge in [0.2, 0.25) is 0 Å². The van der Waals surface area contributed by atoms with Gasteiger partial charge in [0.15, 0.2) is 0 Å². The molecule has 0 aromatic heterocycles. The van der Waals surface area contributed by atoms with Crippen LogP contribution in [0.15, 0.2) is 24.3 Å². The Labute approximate surface area is 127 Å². The van der Waals surface area contributed by atoms with Gasteiger partial charge < -0.3 is 0 Å². The van der Waals surface area contributed by atoms with Gasteiger partial charge in [0, 0.05) is 0 Å². The van der Waals surface area contributed by atoms with Crippen LogP contribution in [-0.4, -0.2) is 0 Å². The number of hydrogen-bond donors (Lipinski definition) is 0. The van der Waals surface area contributed by atoms with E-state index in [1.165, 1.54) is 77.0 Å². The van der Waals surface area contributed by atoms with Gasteiger partial charge in [-0.3, -0.25) is 0 Å². The fourth-order valence-electron chi connectivity index (χ4n) is 3.20. The van der Waals surface area contributed by atoms with Gasteiger partial charge in [-0.2, -0.15) is 0 Å². The van der Waals surface area contributed by atoms with Crippen molar-refractivity contribution in [3.63, 3.8) is 0 Å². The van der Waals surface area contributed by atoms with E-state index in [0.717, 1.165) is 11.8 Å². The third-order valence-corrected chi connectivity index (χ3v) is 4.64. The number of unbranched alkanes of at least 4 members (excludes halogenated alkanes) is 4. The fourth-order valence-corrected chi connectivity index (χ4v) is 3.20. The van der Waals surface area contributed by atoms with E-state index in [-0.39, 0.29) is 0 Å². The third kappa shape index (κ3) is 8.61. The van der Waals surface area contributed by atoms with E-state index in [2.05, 4.69) is 38.2 Å². The Morgan fingerprint density at radius 3 is 2.20 bits per heavy atom. The summed E-state index contributed by atoms with van der Waals surface area (Å²) < 4.78 is 0. The largest absolute Gasteiger partial charge is 0.0885 e. The van der Waals surface area contributed by atoms with Crippen LogP contribution in [0.1, 0.15) is 90.9 Å². The minimum atomic E-state index is 0.891. The van der Waals surface area contributed by atoms with E-state index in [0.29, 0.717) is 0 Å². The molecule has 1 aliphatic rings. The highest BCUT2D eigenvalue weighted by Crippen LogP contribution is 2.32. The quantitative estimate of drug-likeness (QED) is 0.296. The highest BCUT2D eigenvalue weighted by molar-refractivity contribution is 4.91. The monoisotopic (exact) mass is 276 g/mol. The first-order chi connectivity index (χ1) is 9.86. The molecular formula is C20H36. The zero-order valence-electron chi connectivity index (χ0n) is 13.9. The van der Waals surface area contributed by atoms with Crippen molar-refractivity contribution in [1.29, 1.82) is 0 Å². The van der Waals surface area contributed by atoms with Gasteiger partial charge in [-0.05, 0) is 69.6 Å². The molecule has 0 aliphatic heterocycles. The average Bonchev–Trinajstić information content (AvgIpc) is 2.48. The van der Waals surface area contributed by atoms with Crippen LogP contribution in [0.5, 0.6) is 0 Å². The van der Waals surface area contributed by atoms with Crippen molar-refractivity contribution >= 4 is 0 Å². The molecular weight excluding hydrogens is 240 g/mol. The fraction of sp³-hybridized carbons (Fsp3) is 0.800. The van der Waals surface area contributed by atoms with E-state index in [4.69, 9.17) is 0 Å². The maximum atomic E-state index is 2.49. The summed E-state index contributed by atoms with van der Waals surface area (Å²) in [6.45, 7) is 4.54. The van der Waals surface area contributed by atoms with Crippen LogP contribution in [-0.2, 0) is 0 Å². The molecule has 0 heterocycles. The Morgan fingerprint density at radius 2 is 1.50 bits per heavy atom. The molecule has 0 atom stereocenters. The van der Waals surface area contributed by atoms with Crippen LogP contribution in [0.25, 0.3) is 0 Å². The minimum Gasteiger partial charge on any atom is -0.0885 e. The zero-order chi connectivity index (χ0) is 14.5. The maximum absolute atomic E-state index is 2.49. The van der Waals surface area contributed by atoms with Gasteiger partial charge in [-0.25, -0.2) is 0 Å². The third-order valence-electron chi connectivity index (χ3n) is 4.64. The van der Waals surface area contributed by atoms with Crippen LogP contribution in [0.3, 0.4) is 0 Å². The van der Waals surface area contributed by atoms with E-state index in [1.54, 1.807) is 0 Å². The van der Waals surface area contributed by atoms with Gasteiger partial charge in [-0.1, -0.05) is 57.4 Å². The molecule has 0 N–H and O–H groups in total. The summed E-state index contributed by atoms with van der Waals surface area (Å²) in [4.78, 5) is 0. The Morgan fingerprint density at radius 1 is 0.750 bits per heavy atom. The molecule has 1 fully saturated rings. The summed E-state index contributed by atoms with van der Waals surface area (Å²) in [7, 11) is 0. The summed E-state index contributed by atoms with van der Waals surface area (Å²) in [5.41, 5.74) is 0. The molecule has 20 heavy (non-hydrogen) atoms. The lowest BCUT2D eigenvalue weighted by Crippen LogP contribution is -2.12. The summed E-state index contributed by atoms with van der Waals surface area (Å²) in [6.07, 6.45) is 26.2. The van der Waals surface area contributed by atoms with Gasteiger partial charge in [-0.15, -0.1) is 0 Å². The molecule has 1 saturated carbocycles. The van der Waals surface area contributed by atoms with E-state index < -0.39 is 0 Å². The highest BCUT2D eigenvalue weighted by atomic mass is 14.2. The molecule has 0 aromatic carbocycles. The summed E-state index contributed by atoms with van der Waals surface area (Å²) >= 11 is 0. The molecule has 0 radical (unpaired) electrons. The topological polar surface area (TPSA) is 0 Å². The first-order valence-electron chi connectivity index (χ1n) is 9.18. The standard InChI is InChI=1S/C20H36/c1-3-5-7-8-9-10-12-14-20-17-15-19(16-18-20)13-11-6-4-2/h9-11,13,19-20H,3-8,12,14-18H2,1-2H3/b10-9+,13-11+. The second-order valence-electron chi connectivity index (χ2n) is 6.54. The van der Waals surface area contributed by atoms with Crippen molar-refractivity contribution in [2.24, 2.45) is 11.8 Å². The van der Waals surface area contributed by atoms with Crippen molar-refractivity contribution in [3.8, 4) is 0 Å². The lowest BCUT2D eigenvalue weighted by atomic mass is 9.80. The minimum absolute atomic E-state index is 0.891. The number of allylic oxidation sites excluding steroid dienone is 4. The zero-order valence-corrected chi connectivity index (χ0v) is 13.9.